The van der Waals surface area contributed by atoms with Gasteiger partial charge in [-0.1, -0.05) is 55.1 Å². The Morgan fingerprint density at radius 1 is 0.737 bits per heavy atom. The van der Waals surface area contributed by atoms with Gasteiger partial charge in [0.1, 0.15) is 21.7 Å². The van der Waals surface area contributed by atoms with E-state index in [1.807, 2.05) is 20.8 Å². The number of hydrogen-bond donors (Lipinski definition) is 0. The largest absolute Gasteiger partial charge is 0.307 e. The van der Waals surface area contributed by atoms with E-state index in [4.69, 9.17) is 23.2 Å². The molecule has 4 rings (SSSR count). The minimum absolute atomic E-state index is 0.161. The van der Waals surface area contributed by atoms with Crippen molar-refractivity contribution in [3.8, 4) is 22.5 Å². The van der Waals surface area contributed by atoms with E-state index in [2.05, 4.69) is 31.9 Å². The van der Waals surface area contributed by atoms with Crippen LogP contribution in [-0.2, 0) is 13.1 Å². The maximum Gasteiger partial charge on any atom is 0.269 e. The van der Waals surface area contributed by atoms with Crippen molar-refractivity contribution in [2.45, 2.75) is 37.6 Å². The molecule has 4 aromatic rings. The summed E-state index contributed by atoms with van der Waals surface area (Å²) in [6, 6.07) is 15.4. The lowest BCUT2D eigenvalue weighted by Crippen LogP contribution is -2.23. The molecule has 0 fully saturated rings. The number of alkyl halides is 2. The molecule has 0 bridgehead atoms. The summed E-state index contributed by atoms with van der Waals surface area (Å²) >= 11 is 18.8. The number of benzene rings is 2. The van der Waals surface area contributed by atoms with Gasteiger partial charge in [0.05, 0.1) is 15.1 Å². The Morgan fingerprint density at radius 2 is 1.13 bits per heavy atom. The molecule has 38 heavy (non-hydrogen) atoms. The minimum Gasteiger partial charge on any atom is -0.307 e. The van der Waals surface area contributed by atoms with Gasteiger partial charge in [0.15, 0.2) is 0 Å². The molecule has 0 aliphatic rings. The van der Waals surface area contributed by atoms with E-state index in [0.29, 0.717) is 13.1 Å². The summed E-state index contributed by atoms with van der Waals surface area (Å²) < 4.78 is 29.0. The first-order valence-electron chi connectivity index (χ1n) is 11.6. The molecular weight excluding hydrogens is 665 g/mol. The zero-order valence-electron chi connectivity index (χ0n) is 20.7. The first kappa shape index (κ1) is 30.3. The van der Waals surface area contributed by atoms with Crippen LogP contribution in [0.5, 0.6) is 0 Å². The van der Waals surface area contributed by atoms with Gasteiger partial charge in [-0.25, -0.2) is 8.78 Å². The van der Waals surface area contributed by atoms with E-state index in [0.717, 1.165) is 33.6 Å². The second-order valence-electron chi connectivity index (χ2n) is 8.23. The monoisotopic (exact) mass is 686 g/mol. The second kappa shape index (κ2) is 13.2. The van der Waals surface area contributed by atoms with E-state index in [9.17, 15) is 18.4 Å². The maximum atomic E-state index is 13.1. The van der Waals surface area contributed by atoms with Crippen molar-refractivity contribution in [3.63, 3.8) is 0 Å². The summed E-state index contributed by atoms with van der Waals surface area (Å²) in [5.74, 6) is -0.611. The number of nitrogens with zero attached hydrogens (tertiary/aromatic N) is 2. The fourth-order valence-electron chi connectivity index (χ4n) is 4.11. The second-order valence-corrected chi connectivity index (χ2v) is 12.1. The van der Waals surface area contributed by atoms with Crippen LogP contribution in [0.25, 0.3) is 22.5 Å². The zero-order valence-corrected chi connectivity index (χ0v) is 25.4. The number of hydrogen-bond acceptors (Lipinski definition) is 2. The predicted octanol–water partition coefficient (Wildman–Crippen LogP) is 8.75. The van der Waals surface area contributed by atoms with Crippen LogP contribution < -0.4 is 11.1 Å². The van der Waals surface area contributed by atoms with E-state index in [1.54, 1.807) is 45.5 Å². The van der Waals surface area contributed by atoms with E-state index in [-0.39, 0.29) is 36.5 Å². The highest BCUT2D eigenvalue weighted by atomic mass is 79.9. The topological polar surface area (TPSA) is 44.0 Å². The fourth-order valence-corrected chi connectivity index (χ4v) is 5.29. The summed E-state index contributed by atoms with van der Waals surface area (Å²) in [4.78, 5) is 24.1. The molecule has 0 saturated heterocycles. The van der Waals surface area contributed by atoms with Crippen molar-refractivity contribution in [2.24, 2.45) is 0 Å². The van der Waals surface area contributed by atoms with Crippen LogP contribution >= 0.6 is 55.1 Å². The molecule has 0 N–H and O–H groups in total. The lowest BCUT2D eigenvalue weighted by molar-refractivity contribution is 0.627. The highest BCUT2D eigenvalue weighted by molar-refractivity contribution is 9.24. The smallest absolute Gasteiger partial charge is 0.269 e. The summed E-state index contributed by atoms with van der Waals surface area (Å²) in [7, 11) is 0. The molecule has 0 atom stereocenters. The minimum atomic E-state index is -0.316. The van der Waals surface area contributed by atoms with Crippen molar-refractivity contribution in [1.82, 2.24) is 9.13 Å². The SMILES string of the molecule is CCn1c(-c2ccc(F)cc2)c(C(Br)Br)cc(Cl)c1=O.CCn1c(-c2ccc(F)cc2)c(C)cc(Cl)c1=O. The van der Waals surface area contributed by atoms with Gasteiger partial charge in [-0.05, 0) is 98.1 Å². The first-order valence-corrected chi connectivity index (χ1v) is 14.2. The Labute approximate surface area is 246 Å². The third kappa shape index (κ3) is 6.65. The third-order valence-electron chi connectivity index (χ3n) is 5.81. The molecule has 2 aromatic carbocycles. The molecule has 4 nitrogen and oxygen atoms in total. The number of halogens is 6. The normalized spacial score (nSPS) is 10.9. The molecule has 0 spiro atoms. The van der Waals surface area contributed by atoms with Crippen LogP contribution in [0, 0.1) is 18.6 Å². The van der Waals surface area contributed by atoms with Crippen LogP contribution in [-0.4, -0.2) is 9.13 Å². The third-order valence-corrected chi connectivity index (χ3v) is 7.34. The Balaban J connectivity index is 0.000000212. The van der Waals surface area contributed by atoms with E-state index in [1.165, 1.54) is 24.3 Å². The van der Waals surface area contributed by atoms with Gasteiger partial charge in [-0.2, -0.15) is 0 Å². The van der Waals surface area contributed by atoms with Gasteiger partial charge in [0, 0.05) is 18.7 Å². The van der Waals surface area contributed by atoms with Crippen molar-refractivity contribution < 1.29 is 8.78 Å². The highest BCUT2D eigenvalue weighted by Crippen LogP contribution is 2.37. The predicted molar refractivity (Wildman–Crippen MR) is 159 cm³/mol. The average Bonchev–Trinajstić information content (AvgIpc) is 2.89. The number of aromatic nitrogens is 2. The van der Waals surface area contributed by atoms with Gasteiger partial charge >= 0.3 is 0 Å². The van der Waals surface area contributed by atoms with Gasteiger partial charge in [-0.15, -0.1) is 0 Å². The van der Waals surface area contributed by atoms with Crippen molar-refractivity contribution in [1.29, 1.82) is 0 Å². The quantitative estimate of drug-likeness (QED) is 0.197. The maximum absolute atomic E-state index is 13.1. The highest BCUT2D eigenvalue weighted by Gasteiger charge is 2.18. The number of rotatable bonds is 5. The molecule has 2 aromatic heterocycles. The van der Waals surface area contributed by atoms with Crippen LogP contribution in [0.2, 0.25) is 10.0 Å². The molecule has 0 radical (unpaired) electrons. The molecule has 0 amide bonds. The first-order chi connectivity index (χ1) is 18.0. The summed E-state index contributed by atoms with van der Waals surface area (Å²) in [5.41, 5.74) is 4.33. The van der Waals surface area contributed by atoms with E-state index < -0.39 is 0 Å². The Hall–Kier alpha value is -2.26. The van der Waals surface area contributed by atoms with Gasteiger partial charge in [-0.3, -0.25) is 9.59 Å². The van der Waals surface area contributed by atoms with Gasteiger partial charge in [0.2, 0.25) is 0 Å². The van der Waals surface area contributed by atoms with Crippen molar-refractivity contribution in [2.75, 3.05) is 0 Å². The van der Waals surface area contributed by atoms with Crippen molar-refractivity contribution in [3.05, 3.63) is 114 Å². The molecule has 10 heteroatoms. The Kier molecular flexibility index (Phi) is 10.5. The molecule has 200 valence electrons. The average molecular weight is 689 g/mol. The lowest BCUT2D eigenvalue weighted by Gasteiger charge is -2.18. The van der Waals surface area contributed by atoms with Crippen molar-refractivity contribution >= 4 is 55.1 Å². The van der Waals surface area contributed by atoms with Gasteiger partial charge in [0.25, 0.3) is 11.1 Å². The number of pyridine rings is 2. The Morgan fingerprint density at radius 3 is 1.55 bits per heavy atom. The zero-order chi connectivity index (χ0) is 28.1. The van der Waals surface area contributed by atoms with Crippen LogP contribution in [0.4, 0.5) is 8.78 Å². The standard InChI is InChI=1S/C14H11Br2ClFNO.C14H13ClFNO/c1-2-19-12(8-3-5-9(18)6-4-8)10(13(15)16)7-11(17)14(19)20;1-3-17-13(9(2)8-12(15)14(17)18)10-4-6-11(16)7-5-10/h3-7,13H,2H2,1H3;4-8H,3H2,1-2H3. The van der Waals surface area contributed by atoms with Crippen LogP contribution in [0.15, 0.2) is 70.3 Å². The molecule has 0 aliphatic carbocycles. The fraction of sp³-hybridized carbons (Fsp3) is 0.214. The molecular formula is C28H24Br2Cl2F2N2O2. The summed E-state index contributed by atoms with van der Waals surface area (Å²) in [6.07, 6.45) is 0. The lowest BCUT2D eigenvalue weighted by atomic mass is 10.1. The molecule has 0 unspecified atom stereocenters. The number of aryl methyl sites for hydroxylation is 1. The van der Waals surface area contributed by atoms with E-state index >= 15 is 0 Å². The molecule has 2 heterocycles. The Bertz CT molecular complexity index is 1550. The molecule has 0 aliphatic heterocycles. The van der Waals surface area contributed by atoms with Crippen LogP contribution in [0.1, 0.15) is 28.7 Å². The van der Waals surface area contributed by atoms with Crippen LogP contribution in [0.3, 0.4) is 0 Å². The summed E-state index contributed by atoms with van der Waals surface area (Å²) in [5, 5.41) is 0.372. The summed E-state index contributed by atoms with van der Waals surface area (Å²) in [6.45, 7) is 6.63. The molecule has 0 saturated carbocycles. The van der Waals surface area contributed by atoms with Gasteiger partial charge < -0.3 is 9.13 Å².